The third-order valence-corrected chi connectivity index (χ3v) is 5.28. The molecule has 0 aromatic carbocycles. The van der Waals surface area contributed by atoms with Gasteiger partial charge in [0.1, 0.15) is 24.4 Å². The molecule has 0 saturated heterocycles. The van der Waals surface area contributed by atoms with E-state index in [1.807, 2.05) is 0 Å². The second-order valence-electron chi connectivity index (χ2n) is 5.45. The summed E-state index contributed by atoms with van der Waals surface area (Å²) in [5.74, 6) is -1.86. The normalized spacial score (nSPS) is 31.5. The van der Waals surface area contributed by atoms with Crippen molar-refractivity contribution in [2.24, 2.45) is 5.92 Å². The van der Waals surface area contributed by atoms with Crippen molar-refractivity contribution in [1.82, 2.24) is 0 Å². The molecular weight excluding hydrogens is 516 g/mol. The first-order chi connectivity index (χ1) is 13.2. The molecule has 0 amide bonds. The minimum absolute atomic E-state index is 0.809. The van der Waals surface area contributed by atoms with Crippen LogP contribution >= 0.6 is 0 Å². The molecule has 5 N–H and O–H groups in total. The molecule has 180 valence electrons. The highest BCUT2D eigenvalue weighted by molar-refractivity contribution is 7.81. The number of rotatable bonds is 10. The minimum Gasteiger partial charge on any atom is -0.264 e. The highest BCUT2D eigenvalue weighted by atomic mass is 32.3. The second kappa shape index (κ2) is 9.46. The van der Waals surface area contributed by atoms with Gasteiger partial charge in [0, 0.05) is 5.92 Å². The molecule has 23 heteroatoms. The molecule has 1 aliphatic rings. The lowest BCUT2D eigenvalue weighted by Crippen LogP contribution is -2.65. The van der Waals surface area contributed by atoms with Crippen LogP contribution in [0.15, 0.2) is 0 Å². The third kappa shape index (κ3) is 8.85. The van der Waals surface area contributed by atoms with Gasteiger partial charge < -0.3 is 0 Å². The largest absolute Gasteiger partial charge is 0.397 e. The van der Waals surface area contributed by atoms with Crippen molar-refractivity contribution in [3.63, 3.8) is 0 Å². The van der Waals surface area contributed by atoms with E-state index < -0.39 is 78.0 Å². The third-order valence-electron chi connectivity index (χ3n) is 3.42. The van der Waals surface area contributed by atoms with Crippen molar-refractivity contribution in [2.75, 3.05) is 0 Å². The molecule has 0 aliphatic heterocycles. The van der Waals surface area contributed by atoms with E-state index in [1.54, 1.807) is 0 Å². The summed E-state index contributed by atoms with van der Waals surface area (Å²) in [6, 6.07) is 0. The summed E-state index contributed by atoms with van der Waals surface area (Å²) in [6.07, 6.45) is -12.6. The summed E-state index contributed by atoms with van der Waals surface area (Å²) < 4.78 is 141. The van der Waals surface area contributed by atoms with E-state index in [0.29, 0.717) is 0 Å². The van der Waals surface area contributed by atoms with Crippen molar-refractivity contribution in [3.05, 3.63) is 0 Å². The van der Waals surface area contributed by atoms with Gasteiger partial charge in [0.15, 0.2) is 6.10 Å². The maximum Gasteiger partial charge on any atom is 0.397 e. The summed E-state index contributed by atoms with van der Waals surface area (Å²) in [6.45, 7) is 0.809. The Morgan fingerprint density at radius 1 is 0.533 bits per heavy atom. The van der Waals surface area contributed by atoms with Crippen LogP contribution in [-0.2, 0) is 68.3 Å². The van der Waals surface area contributed by atoms with E-state index >= 15 is 0 Å². The van der Waals surface area contributed by atoms with Gasteiger partial charge >= 0.3 is 41.6 Å². The van der Waals surface area contributed by atoms with E-state index in [1.165, 1.54) is 0 Å². The quantitative estimate of drug-likeness (QED) is 0.108. The fourth-order valence-corrected chi connectivity index (χ4v) is 4.70. The predicted octanol–water partition coefficient (Wildman–Crippen LogP) is -2.82. The molecule has 0 radical (unpaired) electrons. The van der Waals surface area contributed by atoms with Gasteiger partial charge in [-0.2, -0.15) is 38.6 Å². The first-order valence-electron chi connectivity index (χ1n) is 6.84. The van der Waals surface area contributed by atoms with Crippen LogP contribution in [0.5, 0.6) is 0 Å². The average molecular weight is 530 g/mol. The van der Waals surface area contributed by atoms with Crippen LogP contribution in [0.2, 0.25) is 0 Å². The van der Waals surface area contributed by atoms with Crippen LogP contribution in [0.4, 0.5) is 0 Å². The van der Waals surface area contributed by atoms with Gasteiger partial charge in [0.25, 0.3) is 0 Å². The minimum atomic E-state index is -5.62. The number of hydrogen-bond donors (Lipinski definition) is 5. The number of hydrogen-bond acceptors (Lipinski definition) is 15. The highest BCUT2D eigenvalue weighted by Gasteiger charge is 2.58. The Morgan fingerprint density at radius 2 is 0.800 bits per heavy atom. The van der Waals surface area contributed by atoms with Crippen LogP contribution < -0.4 is 0 Å². The molecule has 19 nitrogen and oxygen atoms in total. The summed E-state index contributed by atoms with van der Waals surface area (Å²) in [4.78, 5) is 4.12. The van der Waals surface area contributed by atoms with Crippen molar-refractivity contribution >= 4 is 41.6 Å². The predicted molar refractivity (Wildman–Crippen MR) is 83.4 cm³/mol. The van der Waals surface area contributed by atoms with Crippen LogP contribution in [0, 0.1) is 5.92 Å². The molecule has 1 aliphatic carbocycles. The zero-order valence-electron chi connectivity index (χ0n) is 14.0. The maximum absolute atomic E-state index is 11.1. The second-order valence-corrected chi connectivity index (χ2v) is 9.64. The van der Waals surface area contributed by atoms with Gasteiger partial charge in [0.05, 0.1) is 0 Å². The van der Waals surface area contributed by atoms with Crippen LogP contribution in [0.1, 0.15) is 6.92 Å². The molecular formula is C7H14O19S4. The van der Waals surface area contributed by atoms with Crippen LogP contribution in [-0.4, -0.2) is 87.7 Å². The van der Waals surface area contributed by atoms with Crippen molar-refractivity contribution in [3.8, 4) is 0 Å². The molecule has 30 heavy (non-hydrogen) atoms. The SMILES string of the molecule is CC1C(OS(=O)(=O)O)C(OOO)C(OS(=O)(=O)O)C(OS(=O)(=O)O)C1OS(=O)(=O)O. The monoisotopic (exact) mass is 530 g/mol. The van der Waals surface area contributed by atoms with Crippen molar-refractivity contribution in [2.45, 2.75) is 37.4 Å². The van der Waals surface area contributed by atoms with E-state index in [9.17, 15) is 33.7 Å². The van der Waals surface area contributed by atoms with Gasteiger partial charge in [-0.3, -0.25) is 18.2 Å². The first-order valence-corrected chi connectivity index (χ1v) is 12.3. The molecule has 1 rings (SSSR count). The van der Waals surface area contributed by atoms with E-state index in [-0.39, 0.29) is 0 Å². The highest BCUT2D eigenvalue weighted by Crippen LogP contribution is 2.37. The smallest absolute Gasteiger partial charge is 0.264 e. The standard InChI is InChI=1S/C7H14O19S4/c1-2-3(22-27(9,10)11)5(21-26-8)7(25-30(18,19)20)6(24-29(15,16)17)4(2)23-28(12,13)14/h2-8H,1H3,(H,9,10,11)(H,12,13,14)(H,15,16,17)(H,18,19,20). The molecule has 0 spiro atoms. The molecule has 6 atom stereocenters. The summed E-state index contributed by atoms with van der Waals surface area (Å²) in [5, 5.41) is 11.7. The Hall–Kier alpha value is -0.640. The van der Waals surface area contributed by atoms with E-state index in [2.05, 4.69) is 26.7 Å². The Labute approximate surface area is 169 Å². The molecule has 0 bridgehead atoms. The van der Waals surface area contributed by atoms with Crippen molar-refractivity contribution in [1.29, 1.82) is 0 Å². The zero-order chi connectivity index (χ0) is 23.7. The van der Waals surface area contributed by atoms with E-state index in [0.717, 1.165) is 6.92 Å². The first kappa shape index (κ1) is 27.4. The fraction of sp³-hybridized carbons (Fsp3) is 1.00. The van der Waals surface area contributed by atoms with Gasteiger partial charge in [-0.05, 0) is 0 Å². The van der Waals surface area contributed by atoms with Crippen LogP contribution in [0.25, 0.3) is 0 Å². The average Bonchev–Trinajstić information content (AvgIpc) is 2.46. The lowest BCUT2D eigenvalue weighted by atomic mass is 9.79. The molecule has 0 aromatic rings. The lowest BCUT2D eigenvalue weighted by Gasteiger charge is -2.44. The van der Waals surface area contributed by atoms with Crippen LogP contribution in [0.3, 0.4) is 0 Å². The molecule has 6 unspecified atom stereocenters. The summed E-state index contributed by atoms with van der Waals surface area (Å²) >= 11 is 0. The molecule has 1 fully saturated rings. The molecule has 0 heterocycles. The zero-order valence-corrected chi connectivity index (χ0v) is 17.3. The fourth-order valence-electron chi connectivity index (χ4n) is 2.57. The Bertz CT molecular complexity index is 1010. The summed E-state index contributed by atoms with van der Waals surface area (Å²) in [7, 11) is -22.2. The van der Waals surface area contributed by atoms with Crippen molar-refractivity contribution < 1.29 is 83.8 Å². The lowest BCUT2D eigenvalue weighted by molar-refractivity contribution is -0.519. The Morgan fingerprint density at radius 3 is 1.10 bits per heavy atom. The Balaban J connectivity index is 3.71. The molecule has 1 saturated carbocycles. The summed E-state index contributed by atoms with van der Waals surface area (Å²) in [5.41, 5.74) is 0. The Kier molecular flexibility index (Phi) is 8.64. The van der Waals surface area contributed by atoms with Gasteiger partial charge in [-0.15, -0.1) is 0 Å². The topological polar surface area (TPSA) is 293 Å². The maximum atomic E-state index is 11.1. The van der Waals surface area contributed by atoms with E-state index in [4.69, 9.17) is 23.5 Å². The molecule has 0 aromatic heterocycles. The van der Waals surface area contributed by atoms with Gasteiger partial charge in [0.2, 0.25) is 0 Å². The van der Waals surface area contributed by atoms with Gasteiger partial charge in [-0.1, -0.05) is 12.0 Å². The van der Waals surface area contributed by atoms with Gasteiger partial charge in [-0.25, -0.2) is 22.0 Å².